The van der Waals surface area contributed by atoms with Gasteiger partial charge in [-0.25, -0.2) is 4.68 Å². The zero-order valence-corrected chi connectivity index (χ0v) is 14.4. The smallest absolute Gasteiger partial charge is 0.278 e. The molecule has 0 spiro atoms. The first-order chi connectivity index (χ1) is 11.5. The highest BCUT2D eigenvalue weighted by Gasteiger charge is 2.17. The molecule has 3 aromatic rings. The van der Waals surface area contributed by atoms with Crippen LogP contribution in [0, 0.1) is 20.8 Å². The molecule has 0 unspecified atom stereocenters. The van der Waals surface area contributed by atoms with E-state index < -0.39 is 0 Å². The average Bonchev–Trinajstić information content (AvgIpc) is 2.94. The molecule has 0 bridgehead atoms. The molecule has 24 heavy (non-hydrogen) atoms. The minimum absolute atomic E-state index is 0.295. The van der Waals surface area contributed by atoms with Crippen LogP contribution < -0.4 is 5.32 Å². The fraction of sp³-hybridized carbons (Fsp3) is 0.167. The molecule has 5 nitrogen and oxygen atoms in total. The number of nitrogens with one attached hydrogen (secondary N) is 1. The van der Waals surface area contributed by atoms with Gasteiger partial charge in [0, 0.05) is 10.7 Å². The number of hydrogen-bond acceptors (Lipinski definition) is 3. The first-order valence-electron chi connectivity index (χ1n) is 7.52. The van der Waals surface area contributed by atoms with Crippen LogP contribution in [0.4, 0.5) is 5.69 Å². The Kier molecular flexibility index (Phi) is 4.36. The lowest BCUT2D eigenvalue weighted by molar-refractivity contribution is 0.102. The van der Waals surface area contributed by atoms with Gasteiger partial charge >= 0.3 is 0 Å². The van der Waals surface area contributed by atoms with Crippen LogP contribution >= 0.6 is 11.6 Å². The molecular weight excluding hydrogens is 324 g/mol. The third kappa shape index (κ3) is 3.16. The zero-order chi connectivity index (χ0) is 17.3. The Morgan fingerprint density at radius 2 is 1.75 bits per heavy atom. The first kappa shape index (κ1) is 16.2. The number of anilines is 1. The lowest BCUT2D eigenvalue weighted by Crippen LogP contribution is -2.14. The molecule has 0 saturated heterocycles. The molecule has 3 rings (SSSR count). The number of halogens is 1. The lowest BCUT2D eigenvalue weighted by Gasteiger charge is -2.07. The average molecular weight is 341 g/mol. The number of aryl methyl sites for hydroxylation is 2. The highest BCUT2D eigenvalue weighted by atomic mass is 35.5. The quantitative estimate of drug-likeness (QED) is 0.781. The summed E-state index contributed by atoms with van der Waals surface area (Å²) >= 11 is 5.85. The molecule has 0 aliphatic carbocycles. The second-order valence-corrected chi connectivity index (χ2v) is 6.10. The van der Waals surface area contributed by atoms with Gasteiger partial charge in [-0.1, -0.05) is 22.9 Å². The van der Waals surface area contributed by atoms with Crippen molar-refractivity contribution < 1.29 is 4.79 Å². The molecule has 0 radical (unpaired) electrons. The Morgan fingerprint density at radius 1 is 1.04 bits per heavy atom. The van der Waals surface area contributed by atoms with Crippen molar-refractivity contribution in [1.82, 2.24) is 15.0 Å². The summed E-state index contributed by atoms with van der Waals surface area (Å²) in [6.07, 6.45) is 0. The van der Waals surface area contributed by atoms with E-state index in [-0.39, 0.29) is 5.91 Å². The van der Waals surface area contributed by atoms with Crippen LogP contribution in [-0.4, -0.2) is 20.9 Å². The van der Waals surface area contributed by atoms with Crippen LogP contribution in [0.5, 0.6) is 0 Å². The van der Waals surface area contributed by atoms with Gasteiger partial charge < -0.3 is 5.32 Å². The van der Waals surface area contributed by atoms with Crippen molar-refractivity contribution in [1.29, 1.82) is 0 Å². The molecule has 0 atom stereocenters. The molecule has 0 aliphatic rings. The molecular formula is C18H17ClN4O. The molecule has 0 aliphatic heterocycles. The summed E-state index contributed by atoms with van der Waals surface area (Å²) in [5.74, 6) is -0.301. The fourth-order valence-corrected chi connectivity index (χ4v) is 2.49. The van der Waals surface area contributed by atoms with Gasteiger partial charge in [-0.2, -0.15) is 0 Å². The third-order valence-corrected chi connectivity index (χ3v) is 4.20. The maximum Gasteiger partial charge on any atom is 0.278 e. The Hall–Kier alpha value is -2.66. The topological polar surface area (TPSA) is 59.8 Å². The highest BCUT2D eigenvalue weighted by Crippen LogP contribution is 2.18. The standard InChI is InChI=1S/C18H17ClN4O/c1-11-4-9-16(10-12(11)2)23-13(3)17(21-22-23)18(24)20-15-7-5-14(19)6-8-15/h4-10H,1-3H3,(H,20,24). The van der Waals surface area contributed by atoms with Gasteiger partial charge in [-0.3, -0.25) is 4.79 Å². The van der Waals surface area contributed by atoms with E-state index in [0.29, 0.717) is 22.1 Å². The lowest BCUT2D eigenvalue weighted by atomic mass is 10.1. The molecule has 1 aromatic heterocycles. The van der Waals surface area contributed by atoms with E-state index in [1.165, 1.54) is 5.56 Å². The molecule has 1 N–H and O–H groups in total. The van der Waals surface area contributed by atoms with Crippen LogP contribution in [0.15, 0.2) is 42.5 Å². The van der Waals surface area contributed by atoms with E-state index in [9.17, 15) is 4.79 Å². The summed E-state index contributed by atoms with van der Waals surface area (Å²) in [7, 11) is 0. The van der Waals surface area contributed by atoms with Gasteiger partial charge in [-0.15, -0.1) is 5.10 Å². The van der Waals surface area contributed by atoms with E-state index in [0.717, 1.165) is 11.3 Å². The highest BCUT2D eigenvalue weighted by molar-refractivity contribution is 6.30. The van der Waals surface area contributed by atoms with E-state index >= 15 is 0 Å². The van der Waals surface area contributed by atoms with E-state index in [1.54, 1.807) is 28.9 Å². The van der Waals surface area contributed by atoms with Crippen LogP contribution in [0.25, 0.3) is 5.69 Å². The summed E-state index contributed by atoms with van der Waals surface area (Å²) in [5, 5.41) is 11.6. The number of amides is 1. The molecule has 1 amide bonds. The number of carbonyl (C=O) groups is 1. The monoisotopic (exact) mass is 340 g/mol. The number of carbonyl (C=O) groups excluding carboxylic acids is 1. The van der Waals surface area contributed by atoms with Crippen molar-refractivity contribution in [3.05, 3.63) is 70.0 Å². The Morgan fingerprint density at radius 3 is 2.42 bits per heavy atom. The summed E-state index contributed by atoms with van der Waals surface area (Å²) in [6, 6.07) is 12.9. The van der Waals surface area contributed by atoms with Crippen molar-refractivity contribution in [3.8, 4) is 5.69 Å². The first-order valence-corrected chi connectivity index (χ1v) is 7.90. The number of rotatable bonds is 3. The zero-order valence-electron chi connectivity index (χ0n) is 13.7. The summed E-state index contributed by atoms with van der Waals surface area (Å²) in [5.41, 5.74) is 4.89. The fourth-order valence-electron chi connectivity index (χ4n) is 2.37. The summed E-state index contributed by atoms with van der Waals surface area (Å²) in [6.45, 7) is 5.92. The number of aromatic nitrogens is 3. The maximum absolute atomic E-state index is 12.4. The largest absolute Gasteiger partial charge is 0.321 e. The van der Waals surface area contributed by atoms with Crippen molar-refractivity contribution >= 4 is 23.2 Å². The second-order valence-electron chi connectivity index (χ2n) is 5.66. The van der Waals surface area contributed by atoms with Gasteiger partial charge in [0.05, 0.1) is 11.4 Å². The van der Waals surface area contributed by atoms with Gasteiger partial charge in [0.1, 0.15) is 0 Å². The minimum Gasteiger partial charge on any atom is -0.321 e. The number of benzene rings is 2. The van der Waals surface area contributed by atoms with E-state index in [4.69, 9.17) is 11.6 Å². The number of hydrogen-bond donors (Lipinski definition) is 1. The predicted octanol–water partition coefficient (Wildman–Crippen LogP) is 4.10. The summed E-state index contributed by atoms with van der Waals surface area (Å²) in [4.78, 5) is 12.4. The van der Waals surface area contributed by atoms with Crippen LogP contribution in [0.2, 0.25) is 5.02 Å². The SMILES string of the molecule is Cc1ccc(-n2nnc(C(=O)Nc3ccc(Cl)cc3)c2C)cc1C. The van der Waals surface area contributed by atoms with E-state index in [1.807, 2.05) is 32.0 Å². The Balaban J connectivity index is 1.87. The minimum atomic E-state index is -0.301. The van der Waals surface area contributed by atoms with Crippen molar-refractivity contribution in [2.45, 2.75) is 20.8 Å². The predicted molar refractivity (Wildman–Crippen MR) is 95.0 cm³/mol. The Labute approximate surface area is 145 Å². The van der Waals surface area contributed by atoms with Crippen molar-refractivity contribution in [3.63, 3.8) is 0 Å². The van der Waals surface area contributed by atoms with Crippen LogP contribution in [0.3, 0.4) is 0 Å². The normalized spacial score (nSPS) is 10.7. The Bertz CT molecular complexity index is 900. The third-order valence-electron chi connectivity index (χ3n) is 3.95. The number of nitrogens with zero attached hydrogens (tertiary/aromatic N) is 3. The van der Waals surface area contributed by atoms with Crippen LogP contribution in [-0.2, 0) is 0 Å². The molecule has 0 saturated carbocycles. The van der Waals surface area contributed by atoms with Crippen molar-refractivity contribution in [2.24, 2.45) is 0 Å². The van der Waals surface area contributed by atoms with Gasteiger partial charge in [0.2, 0.25) is 0 Å². The molecule has 0 fully saturated rings. The molecule has 122 valence electrons. The maximum atomic E-state index is 12.4. The van der Waals surface area contributed by atoms with Gasteiger partial charge in [0.15, 0.2) is 5.69 Å². The van der Waals surface area contributed by atoms with Crippen LogP contribution in [0.1, 0.15) is 27.3 Å². The van der Waals surface area contributed by atoms with Crippen molar-refractivity contribution in [2.75, 3.05) is 5.32 Å². The second kappa shape index (κ2) is 6.45. The van der Waals surface area contributed by atoms with Gasteiger partial charge in [0.25, 0.3) is 5.91 Å². The molecule has 2 aromatic carbocycles. The molecule has 6 heteroatoms. The molecule has 1 heterocycles. The van der Waals surface area contributed by atoms with Gasteiger partial charge in [-0.05, 0) is 68.3 Å². The van der Waals surface area contributed by atoms with E-state index in [2.05, 4.69) is 22.6 Å². The summed E-state index contributed by atoms with van der Waals surface area (Å²) < 4.78 is 1.67.